The van der Waals surface area contributed by atoms with E-state index in [2.05, 4.69) is 21.0 Å². The van der Waals surface area contributed by atoms with E-state index in [1.165, 1.54) is 5.01 Å². The number of ether oxygens (including phenoxy) is 2. The lowest BCUT2D eigenvalue weighted by molar-refractivity contribution is -0.125. The number of aliphatic hydroxyl groups excluding tert-OH is 1. The third-order valence-electron chi connectivity index (χ3n) is 6.74. The highest BCUT2D eigenvalue weighted by Crippen LogP contribution is 2.22. The zero-order valence-electron chi connectivity index (χ0n) is 26.6. The van der Waals surface area contributed by atoms with Gasteiger partial charge in [0.25, 0.3) is 0 Å². The summed E-state index contributed by atoms with van der Waals surface area (Å²) in [4.78, 5) is 42.9. The van der Waals surface area contributed by atoms with Crippen molar-refractivity contribution in [3.05, 3.63) is 102 Å². The van der Waals surface area contributed by atoms with Crippen LogP contribution in [0.1, 0.15) is 76.6 Å². The zero-order valence-corrected chi connectivity index (χ0v) is 26.6. The number of carbonyl (C=O) groups is 3. The Kier molecular flexibility index (Phi) is 13.3. The van der Waals surface area contributed by atoms with Crippen molar-refractivity contribution in [2.24, 2.45) is 5.92 Å². The lowest BCUT2D eigenvalue weighted by atomic mass is 9.99. The zero-order chi connectivity index (χ0) is 32.8. The minimum atomic E-state index is -1.13. The lowest BCUT2D eigenvalue weighted by Crippen LogP contribution is -2.50. The molecular weight excluding hydrogens is 574 g/mol. The summed E-state index contributed by atoms with van der Waals surface area (Å²) in [7, 11) is 0. The third-order valence-corrected chi connectivity index (χ3v) is 6.74. The van der Waals surface area contributed by atoms with Gasteiger partial charge in [0.1, 0.15) is 24.5 Å². The number of hydrazine groups is 1. The number of hydrogen-bond acceptors (Lipinski definition) is 8. The molecule has 3 atom stereocenters. The van der Waals surface area contributed by atoms with Crippen LogP contribution in [0.25, 0.3) is 0 Å². The third kappa shape index (κ3) is 12.2. The highest BCUT2D eigenvalue weighted by Gasteiger charge is 2.28. The van der Waals surface area contributed by atoms with Gasteiger partial charge in [-0.2, -0.15) is 5.01 Å². The van der Waals surface area contributed by atoms with Crippen LogP contribution in [0.5, 0.6) is 0 Å². The molecule has 1 aromatic heterocycles. The van der Waals surface area contributed by atoms with Crippen molar-refractivity contribution in [3.8, 4) is 0 Å². The SMILES string of the molecule is CC(C)[C@H](NC(=O)OCc1ccccn1)C(=O)NC(CCCN(NC(=O)OC(C)(C)C)C(O)c1ccccc1)c1ccccc1. The van der Waals surface area contributed by atoms with Gasteiger partial charge in [0.05, 0.1) is 11.7 Å². The molecule has 3 amide bonds. The summed E-state index contributed by atoms with van der Waals surface area (Å²) in [5.41, 5.74) is 4.02. The van der Waals surface area contributed by atoms with E-state index in [0.717, 1.165) is 5.56 Å². The van der Waals surface area contributed by atoms with Crippen molar-refractivity contribution >= 4 is 18.1 Å². The molecule has 11 nitrogen and oxygen atoms in total. The maximum atomic E-state index is 13.5. The first-order chi connectivity index (χ1) is 21.4. The van der Waals surface area contributed by atoms with Gasteiger partial charge in [-0.25, -0.2) is 9.59 Å². The van der Waals surface area contributed by atoms with E-state index in [4.69, 9.17) is 9.47 Å². The molecule has 0 saturated heterocycles. The number of hydrogen-bond donors (Lipinski definition) is 4. The van der Waals surface area contributed by atoms with Crippen molar-refractivity contribution in [1.29, 1.82) is 0 Å². The van der Waals surface area contributed by atoms with Crippen LogP contribution in [-0.2, 0) is 20.9 Å². The molecule has 0 aliphatic carbocycles. The Balaban J connectivity index is 1.69. The van der Waals surface area contributed by atoms with Crippen LogP contribution in [0.15, 0.2) is 85.1 Å². The molecule has 0 bridgehead atoms. The van der Waals surface area contributed by atoms with Crippen LogP contribution in [0.2, 0.25) is 0 Å². The average molecular weight is 620 g/mol. The second kappa shape index (κ2) is 17.1. The normalized spacial score (nSPS) is 13.4. The molecule has 242 valence electrons. The highest BCUT2D eigenvalue weighted by molar-refractivity contribution is 5.86. The number of alkyl carbamates (subject to hydrolysis) is 1. The molecule has 45 heavy (non-hydrogen) atoms. The Morgan fingerprint density at radius 1 is 0.867 bits per heavy atom. The van der Waals surface area contributed by atoms with Gasteiger partial charge in [0, 0.05) is 12.7 Å². The first-order valence-corrected chi connectivity index (χ1v) is 15.1. The molecule has 1 heterocycles. The highest BCUT2D eigenvalue weighted by atomic mass is 16.6. The van der Waals surface area contributed by atoms with Gasteiger partial charge in [-0.3, -0.25) is 15.2 Å². The predicted octanol–water partition coefficient (Wildman–Crippen LogP) is 5.40. The van der Waals surface area contributed by atoms with Crippen molar-refractivity contribution in [2.75, 3.05) is 6.54 Å². The van der Waals surface area contributed by atoms with E-state index in [0.29, 0.717) is 24.1 Å². The first-order valence-electron chi connectivity index (χ1n) is 15.1. The molecule has 0 saturated carbocycles. The van der Waals surface area contributed by atoms with Crippen LogP contribution in [0.3, 0.4) is 0 Å². The summed E-state index contributed by atoms with van der Waals surface area (Å²) < 4.78 is 10.7. The quantitative estimate of drug-likeness (QED) is 0.139. The maximum Gasteiger partial charge on any atom is 0.422 e. The Morgan fingerprint density at radius 2 is 1.49 bits per heavy atom. The van der Waals surface area contributed by atoms with Gasteiger partial charge in [-0.05, 0) is 62.8 Å². The number of amides is 3. The number of nitrogens with zero attached hydrogens (tertiary/aromatic N) is 2. The van der Waals surface area contributed by atoms with Crippen LogP contribution in [0, 0.1) is 5.92 Å². The number of benzene rings is 2. The number of aliphatic hydroxyl groups is 1. The molecule has 0 fully saturated rings. The van der Waals surface area contributed by atoms with Crippen LogP contribution in [0.4, 0.5) is 9.59 Å². The van der Waals surface area contributed by atoms with Gasteiger partial charge in [0.2, 0.25) is 5.91 Å². The largest absolute Gasteiger partial charge is 0.443 e. The summed E-state index contributed by atoms with van der Waals surface area (Å²) in [6, 6.07) is 22.5. The van der Waals surface area contributed by atoms with Gasteiger partial charge < -0.3 is 25.2 Å². The van der Waals surface area contributed by atoms with Crippen molar-refractivity contribution < 1.29 is 29.0 Å². The van der Waals surface area contributed by atoms with Crippen LogP contribution >= 0.6 is 0 Å². The summed E-state index contributed by atoms with van der Waals surface area (Å²) in [5, 5.41) is 18.3. The van der Waals surface area contributed by atoms with E-state index in [1.807, 2.05) is 50.2 Å². The molecule has 0 aliphatic rings. The predicted molar refractivity (Wildman–Crippen MR) is 170 cm³/mol. The molecule has 4 N–H and O–H groups in total. The number of pyridine rings is 1. The van der Waals surface area contributed by atoms with Gasteiger partial charge >= 0.3 is 12.2 Å². The second-order valence-electron chi connectivity index (χ2n) is 12.0. The Labute approximate surface area is 265 Å². The van der Waals surface area contributed by atoms with E-state index in [-0.39, 0.29) is 25.0 Å². The van der Waals surface area contributed by atoms with E-state index >= 15 is 0 Å². The van der Waals surface area contributed by atoms with Gasteiger partial charge in [-0.1, -0.05) is 80.6 Å². The standard InChI is InChI=1S/C34H45N5O6/c1-24(2)29(37-32(42)44-23-27-19-12-13-21-35-27)30(40)36-28(25-15-8-6-9-16-25)20-14-22-39(38-33(43)45-34(3,4)5)31(41)26-17-10-7-11-18-26/h6-13,15-19,21,24,28-29,31,41H,14,20,22-23H2,1-5H3,(H,36,40)(H,37,42)(H,38,43)/t28?,29-,31?/m0/s1. The Bertz CT molecular complexity index is 1340. The van der Waals surface area contributed by atoms with Crippen molar-refractivity contribution in [3.63, 3.8) is 0 Å². The van der Waals surface area contributed by atoms with Crippen molar-refractivity contribution in [1.82, 2.24) is 26.1 Å². The molecule has 3 rings (SSSR count). The summed E-state index contributed by atoms with van der Waals surface area (Å²) in [6.45, 7) is 9.19. The van der Waals surface area contributed by atoms with E-state index in [1.54, 1.807) is 69.4 Å². The Morgan fingerprint density at radius 3 is 2.07 bits per heavy atom. The Hall–Kier alpha value is -4.48. The second-order valence-corrected chi connectivity index (χ2v) is 12.0. The molecule has 0 spiro atoms. The molecular formula is C34H45N5O6. The lowest BCUT2D eigenvalue weighted by Gasteiger charge is -2.31. The minimum Gasteiger partial charge on any atom is -0.443 e. The monoisotopic (exact) mass is 619 g/mol. The number of carbonyl (C=O) groups excluding carboxylic acids is 3. The number of aromatic nitrogens is 1. The molecule has 2 unspecified atom stereocenters. The molecule has 3 aromatic rings. The maximum absolute atomic E-state index is 13.5. The fraction of sp³-hybridized carbons (Fsp3) is 0.412. The summed E-state index contributed by atoms with van der Waals surface area (Å²) in [5.74, 6) is -0.583. The molecule has 11 heteroatoms. The number of nitrogens with one attached hydrogen (secondary N) is 3. The van der Waals surface area contributed by atoms with E-state index in [9.17, 15) is 19.5 Å². The average Bonchev–Trinajstić information content (AvgIpc) is 3.01. The summed E-state index contributed by atoms with van der Waals surface area (Å²) in [6.07, 6.45) is 0.0232. The topological polar surface area (TPSA) is 142 Å². The first kappa shape index (κ1) is 35.0. The van der Waals surface area contributed by atoms with Crippen molar-refractivity contribution in [2.45, 2.75) is 78.0 Å². The fourth-order valence-corrected chi connectivity index (χ4v) is 4.52. The molecule has 0 radical (unpaired) electrons. The molecule has 0 aliphatic heterocycles. The molecule has 2 aromatic carbocycles. The fourth-order valence-electron chi connectivity index (χ4n) is 4.52. The van der Waals surface area contributed by atoms with Crippen LogP contribution in [-0.4, -0.2) is 51.4 Å². The minimum absolute atomic E-state index is 0.0194. The summed E-state index contributed by atoms with van der Waals surface area (Å²) >= 11 is 0. The van der Waals surface area contributed by atoms with Gasteiger partial charge in [-0.15, -0.1) is 0 Å². The van der Waals surface area contributed by atoms with E-state index < -0.39 is 36.1 Å². The van der Waals surface area contributed by atoms with Gasteiger partial charge in [0.15, 0.2) is 0 Å². The van der Waals surface area contributed by atoms with Crippen LogP contribution < -0.4 is 16.1 Å². The number of rotatable bonds is 14. The smallest absolute Gasteiger partial charge is 0.422 e.